The second kappa shape index (κ2) is 7.77. The first-order chi connectivity index (χ1) is 11.8. The monoisotopic (exact) mass is 321 g/mol. The van der Waals surface area contributed by atoms with Crippen molar-refractivity contribution in [3.63, 3.8) is 0 Å². The quantitative estimate of drug-likeness (QED) is 0.674. The Morgan fingerprint density at radius 1 is 1.00 bits per heavy atom. The number of benzene rings is 2. The molecular weight excluding hydrogens is 298 g/mol. The summed E-state index contributed by atoms with van der Waals surface area (Å²) < 4.78 is 2.17. The van der Waals surface area contributed by atoms with E-state index < -0.39 is 0 Å². The van der Waals surface area contributed by atoms with Crippen LogP contribution in [0.4, 0.5) is 0 Å². The lowest BCUT2D eigenvalue weighted by Crippen LogP contribution is -2.24. The molecule has 1 N–H and O–H groups in total. The van der Waals surface area contributed by atoms with Gasteiger partial charge in [0.15, 0.2) is 0 Å². The summed E-state index contributed by atoms with van der Waals surface area (Å²) in [6, 6.07) is 17.6. The number of nitrogens with zero attached hydrogens (tertiary/aromatic N) is 2. The lowest BCUT2D eigenvalue weighted by atomic mass is 10.1. The third-order valence-electron chi connectivity index (χ3n) is 4.28. The molecule has 0 saturated carbocycles. The maximum atomic E-state index is 11.9. The number of unbranched alkanes of at least 4 members (excludes halogenated alkanes) is 2. The molecule has 0 spiro atoms. The van der Waals surface area contributed by atoms with Crippen molar-refractivity contribution in [3.05, 3.63) is 66.0 Å². The molecule has 0 radical (unpaired) electrons. The molecule has 0 atom stereocenters. The van der Waals surface area contributed by atoms with Crippen molar-refractivity contribution in [2.75, 3.05) is 6.54 Å². The predicted molar refractivity (Wildman–Crippen MR) is 97.0 cm³/mol. The Morgan fingerprint density at radius 2 is 1.75 bits per heavy atom. The van der Waals surface area contributed by atoms with Crippen LogP contribution < -0.4 is 5.32 Å². The summed E-state index contributed by atoms with van der Waals surface area (Å²) in [6.07, 6.45) is 4.12. The SMILES string of the molecule is Cn1c(CCCCCNC(=O)c2ccccc2)nc2ccccc21. The van der Waals surface area contributed by atoms with E-state index in [4.69, 9.17) is 4.98 Å². The maximum Gasteiger partial charge on any atom is 0.251 e. The van der Waals surface area contributed by atoms with Gasteiger partial charge in [0.2, 0.25) is 0 Å². The third kappa shape index (κ3) is 3.82. The number of fused-ring (bicyclic) bond motifs is 1. The van der Waals surface area contributed by atoms with E-state index in [-0.39, 0.29) is 5.91 Å². The molecule has 4 nitrogen and oxygen atoms in total. The Kier molecular flexibility index (Phi) is 5.26. The van der Waals surface area contributed by atoms with Crippen LogP contribution in [0.5, 0.6) is 0 Å². The molecule has 3 rings (SSSR count). The van der Waals surface area contributed by atoms with E-state index in [0.717, 1.165) is 49.1 Å². The summed E-state index contributed by atoms with van der Waals surface area (Å²) in [7, 11) is 2.07. The van der Waals surface area contributed by atoms with Crippen molar-refractivity contribution in [1.29, 1.82) is 0 Å². The first-order valence-electron chi connectivity index (χ1n) is 8.49. The van der Waals surface area contributed by atoms with Crippen molar-refractivity contribution in [2.45, 2.75) is 25.7 Å². The topological polar surface area (TPSA) is 46.9 Å². The summed E-state index contributed by atoms with van der Waals surface area (Å²) in [6.45, 7) is 0.719. The van der Waals surface area contributed by atoms with Crippen molar-refractivity contribution in [2.24, 2.45) is 7.05 Å². The van der Waals surface area contributed by atoms with E-state index in [9.17, 15) is 4.79 Å². The molecule has 1 amide bonds. The van der Waals surface area contributed by atoms with Gasteiger partial charge in [-0.25, -0.2) is 4.98 Å². The standard InChI is InChI=1S/C20H23N3O/c1-23-18-13-8-7-12-17(18)22-19(23)14-6-3-9-15-21-20(24)16-10-4-2-5-11-16/h2,4-5,7-8,10-13H,3,6,9,14-15H2,1H3,(H,21,24). The highest BCUT2D eigenvalue weighted by Crippen LogP contribution is 2.15. The minimum Gasteiger partial charge on any atom is -0.352 e. The molecule has 0 aliphatic heterocycles. The van der Waals surface area contributed by atoms with Gasteiger partial charge < -0.3 is 9.88 Å². The zero-order valence-electron chi connectivity index (χ0n) is 14.0. The lowest BCUT2D eigenvalue weighted by molar-refractivity contribution is 0.0953. The summed E-state index contributed by atoms with van der Waals surface area (Å²) in [5, 5.41) is 2.97. The molecule has 4 heteroatoms. The third-order valence-corrected chi connectivity index (χ3v) is 4.28. The van der Waals surface area contributed by atoms with Crippen LogP contribution in [0.1, 0.15) is 35.4 Å². The summed E-state index contributed by atoms with van der Waals surface area (Å²) >= 11 is 0. The van der Waals surface area contributed by atoms with E-state index >= 15 is 0 Å². The van der Waals surface area contributed by atoms with Crippen LogP contribution in [0.25, 0.3) is 11.0 Å². The maximum absolute atomic E-state index is 11.9. The Balaban J connectivity index is 1.39. The number of para-hydroxylation sites is 2. The van der Waals surface area contributed by atoms with Crippen LogP contribution in [0.2, 0.25) is 0 Å². The van der Waals surface area contributed by atoms with Crippen LogP contribution in [0.3, 0.4) is 0 Å². The Morgan fingerprint density at radius 3 is 2.54 bits per heavy atom. The first kappa shape index (κ1) is 16.2. The lowest BCUT2D eigenvalue weighted by Gasteiger charge is -2.05. The first-order valence-corrected chi connectivity index (χ1v) is 8.49. The molecule has 0 aliphatic carbocycles. The van der Waals surface area contributed by atoms with E-state index in [0.29, 0.717) is 0 Å². The molecule has 0 aliphatic rings. The molecule has 0 bridgehead atoms. The van der Waals surface area contributed by atoms with Crippen molar-refractivity contribution in [1.82, 2.24) is 14.9 Å². The molecule has 2 aromatic carbocycles. The van der Waals surface area contributed by atoms with E-state index in [1.807, 2.05) is 42.5 Å². The average Bonchev–Trinajstić information content (AvgIpc) is 2.95. The van der Waals surface area contributed by atoms with Crippen LogP contribution >= 0.6 is 0 Å². The molecule has 1 aromatic heterocycles. The second-order valence-corrected chi connectivity index (χ2v) is 6.01. The number of amides is 1. The minimum atomic E-state index is 0.00551. The smallest absolute Gasteiger partial charge is 0.251 e. The fraction of sp³-hybridized carbons (Fsp3) is 0.300. The summed E-state index contributed by atoms with van der Waals surface area (Å²) in [5.74, 6) is 1.13. The molecule has 0 saturated heterocycles. The number of aromatic nitrogens is 2. The zero-order chi connectivity index (χ0) is 16.8. The fourth-order valence-electron chi connectivity index (χ4n) is 2.90. The Bertz CT molecular complexity index is 808. The highest BCUT2D eigenvalue weighted by Gasteiger charge is 2.07. The minimum absolute atomic E-state index is 0.00551. The number of rotatable bonds is 7. The highest BCUT2D eigenvalue weighted by atomic mass is 16.1. The second-order valence-electron chi connectivity index (χ2n) is 6.01. The van der Waals surface area contributed by atoms with E-state index in [1.54, 1.807) is 0 Å². The van der Waals surface area contributed by atoms with Crippen LogP contribution in [0, 0.1) is 0 Å². The average molecular weight is 321 g/mol. The number of carbonyl (C=O) groups excluding carboxylic acids is 1. The van der Waals surface area contributed by atoms with E-state index in [1.165, 1.54) is 5.52 Å². The molecule has 3 aromatic rings. The molecule has 0 unspecified atom stereocenters. The van der Waals surface area contributed by atoms with Gasteiger partial charge in [-0.1, -0.05) is 36.8 Å². The molecule has 1 heterocycles. The Labute approximate surface area is 142 Å². The normalized spacial score (nSPS) is 10.9. The largest absolute Gasteiger partial charge is 0.352 e. The Hall–Kier alpha value is -2.62. The molecule has 0 fully saturated rings. The van der Waals surface area contributed by atoms with Crippen LogP contribution in [-0.4, -0.2) is 22.0 Å². The summed E-state index contributed by atoms with van der Waals surface area (Å²) in [5.41, 5.74) is 2.96. The van der Waals surface area contributed by atoms with E-state index in [2.05, 4.69) is 29.1 Å². The highest BCUT2D eigenvalue weighted by molar-refractivity contribution is 5.94. The number of carbonyl (C=O) groups is 1. The van der Waals surface area contributed by atoms with Crippen molar-refractivity contribution < 1.29 is 4.79 Å². The molecule has 124 valence electrons. The summed E-state index contributed by atoms with van der Waals surface area (Å²) in [4.78, 5) is 16.6. The van der Waals surface area contributed by atoms with Crippen LogP contribution in [-0.2, 0) is 13.5 Å². The van der Waals surface area contributed by atoms with Crippen LogP contribution in [0.15, 0.2) is 54.6 Å². The number of hydrogen-bond donors (Lipinski definition) is 1. The predicted octanol–water partition coefficient (Wildman–Crippen LogP) is 3.72. The number of imidazole rings is 1. The number of aryl methyl sites for hydroxylation is 2. The fourth-order valence-corrected chi connectivity index (χ4v) is 2.90. The zero-order valence-corrected chi connectivity index (χ0v) is 14.0. The number of hydrogen-bond acceptors (Lipinski definition) is 2. The number of nitrogens with one attached hydrogen (secondary N) is 1. The van der Waals surface area contributed by atoms with Gasteiger partial charge >= 0.3 is 0 Å². The molecular formula is C20H23N3O. The van der Waals surface area contributed by atoms with Gasteiger partial charge in [0.1, 0.15) is 5.82 Å². The van der Waals surface area contributed by atoms with Gasteiger partial charge in [0.05, 0.1) is 11.0 Å². The van der Waals surface area contributed by atoms with Crippen molar-refractivity contribution in [3.8, 4) is 0 Å². The van der Waals surface area contributed by atoms with Gasteiger partial charge in [-0.2, -0.15) is 0 Å². The van der Waals surface area contributed by atoms with Gasteiger partial charge in [0, 0.05) is 25.6 Å². The van der Waals surface area contributed by atoms with Gasteiger partial charge in [-0.05, 0) is 37.1 Å². The molecule has 24 heavy (non-hydrogen) atoms. The van der Waals surface area contributed by atoms with Gasteiger partial charge in [-0.15, -0.1) is 0 Å². The van der Waals surface area contributed by atoms with Gasteiger partial charge in [0.25, 0.3) is 5.91 Å². The van der Waals surface area contributed by atoms with Gasteiger partial charge in [-0.3, -0.25) is 4.79 Å². The van der Waals surface area contributed by atoms with Crippen molar-refractivity contribution >= 4 is 16.9 Å².